The van der Waals surface area contributed by atoms with E-state index in [9.17, 15) is 4.79 Å². The van der Waals surface area contributed by atoms with E-state index >= 15 is 0 Å². The Balaban J connectivity index is 2.26. The van der Waals surface area contributed by atoms with Crippen molar-refractivity contribution in [2.75, 3.05) is 0 Å². The van der Waals surface area contributed by atoms with Crippen molar-refractivity contribution in [1.82, 2.24) is 0 Å². The van der Waals surface area contributed by atoms with Gasteiger partial charge < -0.3 is 4.74 Å². The predicted molar refractivity (Wildman–Crippen MR) is 86.5 cm³/mol. The molecule has 0 aliphatic rings. The molecule has 0 amide bonds. The largest absolute Gasteiger partial charge is 0.456 e. The van der Waals surface area contributed by atoms with Crippen LogP contribution in [0.25, 0.3) is 11.1 Å². The van der Waals surface area contributed by atoms with E-state index in [1.807, 2.05) is 58.0 Å². The fraction of sp³-hybridized carbons (Fsp3) is 0.263. The van der Waals surface area contributed by atoms with Crippen molar-refractivity contribution < 1.29 is 9.53 Å². The van der Waals surface area contributed by atoms with Gasteiger partial charge in [-0.25, -0.2) is 4.79 Å². The van der Waals surface area contributed by atoms with Crippen LogP contribution in [0.15, 0.2) is 42.5 Å². The van der Waals surface area contributed by atoms with E-state index in [4.69, 9.17) is 10.00 Å². The minimum absolute atomic E-state index is 0.333. The van der Waals surface area contributed by atoms with Gasteiger partial charge >= 0.3 is 5.97 Å². The van der Waals surface area contributed by atoms with E-state index in [0.717, 1.165) is 16.7 Å². The van der Waals surface area contributed by atoms with Crippen LogP contribution in [0.5, 0.6) is 0 Å². The van der Waals surface area contributed by atoms with Crippen molar-refractivity contribution in [1.29, 1.82) is 5.26 Å². The maximum absolute atomic E-state index is 12.0. The van der Waals surface area contributed by atoms with E-state index in [2.05, 4.69) is 6.07 Å². The van der Waals surface area contributed by atoms with Crippen molar-refractivity contribution >= 4 is 5.97 Å². The summed E-state index contributed by atoms with van der Waals surface area (Å²) in [5.74, 6) is -0.333. The average molecular weight is 293 g/mol. The Kier molecular flexibility index (Phi) is 4.32. The van der Waals surface area contributed by atoms with Gasteiger partial charge in [0.25, 0.3) is 0 Å². The lowest BCUT2D eigenvalue weighted by Gasteiger charge is -2.19. The number of hydrogen-bond donors (Lipinski definition) is 0. The van der Waals surface area contributed by atoms with Crippen molar-refractivity contribution in [3.05, 3.63) is 59.2 Å². The number of rotatable bonds is 2. The number of aryl methyl sites for hydroxylation is 1. The van der Waals surface area contributed by atoms with Gasteiger partial charge in [-0.3, -0.25) is 0 Å². The highest BCUT2D eigenvalue weighted by molar-refractivity contribution is 5.90. The summed E-state index contributed by atoms with van der Waals surface area (Å²) in [5.41, 5.74) is 3.55. The van der Waals surface area contributed by atoms with Crippen LogP contribution in [-0.4, -0.2) is 11.6 Å². The predicted octanol–water partition coefficient (Wildman–Crippen LogP) is 4.49. The van der Waals surface area contributed by atoms with E-state index in [0.29, 0.717) is 11.1 Å². The second-order valence-corrected chi connectivity index (χ2v) is 6.22. The number of carbonyl (C=O) groups is 1. The average Bonchev–Trinajstić information content (AvgIpc) is 2.46. The molecule has 112 valence electrons. The Morgan fingerprint density at radius 2 is 1.64 bits per heavy atom. The monoisotopic (exact) mass is 293 g/mol. The number of benzene rings is 2. The minimum atomic E-state index is -0.506. The molecule has 22 heavy (non-hydrogen) atoms. The van der Waals surface area contributed by atoms with E-state index in [1.54, 1.807) is 12.1 Å². The molecule has 0 saturated heterocycles. The molecule has 0 saturated carbocycles. The summed E-state index contributed by atoms with van der Waals surface area (Å²) in [5, 5.41) is 9.10. The third-order valence-corrected chi connectivity index (χ3v) is 3.21. The zero-order chi connectivity index (χ0) is 16.3. The molecule has 0 heterocycles. The van der Waals surface area contributed by atoms with Crippen LogP contribution in [0.3, 0.4) is 0 Å². The fourth-order valence-electron chi connectivity index (χ4n) is 2.06. The standard InChI is InChI=1S/C19H19NO2/c1-13-5-6-16(11-17(13)12-20)14-7-9-15(10-8-14)18(21)22-19(2,3)4/h5-11H,1-4H3. The lowest BCUT2D eigenvalue weighted by molar-refractivity contribution is 0.00696. The molecule has 0 unspecified atom stereocenters. The van der Waals surface area contributed by atoms with Crippen LogP contribution in [0.4, 0.5) is 0 Å². The number of hydrogen-bond acceptors (Lipinski definition) is 3. The molecule has 0 fully saturated rings. The van der Waals surface area contributed by atoms with Gasteiger partial charge in [0.15, 0.2) is 0 Å². The van der Waals surface area contributed by atoms with Gasteiger partial charge in [0.2, 0.25) is 0 Å². The summed E-state index contributed by atoms with van der Waals surface area (Å²) in [6.07, 6.45) is 0. The number of ether oxygens (including phenoxy) is 1. The minimum Gasteiger partial charge on any atom is -0.456 e. The van der Waals surface area contributed by atoms with Crippen molar-refractivity contribution in [2.45, 2.75) is 33.3 Å². The van der Waals surface area contributed by atoms with Crippen molar-refractivity contribution in [3.8, 4) is 17.2 Å². The summed E-state index contributed by atoms with van der Waals surface area (Å²) >= 11 is 0. The highest BCUT2D eigenvalue weighted by Crippen LogP contribution is 2.23. The summed E-state index contributed by atoms with van der Waals surface area (Å²) in [4.78, 5) is 12.0. The quantitative estimate of drug-likeness (QED) is 0.766. The molecule has 0 bridgehead atoms. The number of carbonyl (C=O) groups excluding carboxylic acids is 1. The molecule has 3 nitrogen and oxygen atoms in total. The molecule has 0 aromatic heterocycles. The molecule has 2 aromatic carbocycles. The van der Waals surface area contributed by atoms with Gasteiger partial charge in [0.1, 0.15) is 5.60 Å². The first-order valence-electron chi connectivity index (χ1n) is 7.15. The van der Waals surface area contributed by atoms with Gasteiger partial charge in [-0.15, -0.1) is 0 Å². The summed E-state index contributed by atoms with van der Waals surface area (Å²) < 4.78 is 5.34. The molecule has 0 aliphatic heterocycles. The van der Waals surface area contributed by atoms with Gasteiger partial charge in [0.05, 0.1) is 17.2 Å². The van der Waals surface area contributed by atoms with Crippen molar-refractivity contribution in [3.63, 3.8) is 0 Å². The summed E-state index contributed by atoms with van der Waals surface area (Å²) in [6, 6.07) is 15.2. The molecule has 0 N–H and O–H groups in total. The maximum Gasteiger partial charge on any atom is 0.338 e. The number of nitrogens with zero attached hydrogens (tertiary/aromatic N) is 1. The molecule has 3 heteroatoms. The molecule has 0 atom stereocenters. The van der Waals surface area contributed by atoms with Gasteiger partial charge in [-0.1, -0.05) is 24.3 Å². The first-order valence-corrected chi connectivity index (χ1v) is 7.15. The van der Waals surface area contributed by atoms with E-state index in [-0.39, 0.29) is 5.97 Å². The third kappa shape index (κ3) is 3.73. The van der Waals surface area contributed by atoms with Crippen LogP contribution in [-0.2, 0) is 4.74 Å². The molecular weight excluding hydrogens is 274 g/mol. The van der Waals surface area contributed by atoms with Crippen LogP contribution in [0.2, 0.25) is 0 Å². The van der Waals surface area contributed by atoms with Crippen LogP contribution >= 0.6 is 0 Å². The normalized spacial score (nSPS) is 10.9. The molecular formula is C19H19NO2. The first-order chi connectivity index (χ1) is 10.3. The molecule has 0 radical (unpaired) electrons. The first kappa shape index (κ1) is 15.8. The molecule has 2 aromatic rings. The Morgan fingerprint density at radius 1 is 1.05 bits per heavy atom. The van der Waals surface area contributed by atoms with Gasteiger partial charge in [-0.05, 0) is 62.6 Å². The van der Waals surface area contributed by atoms with Crippen LogP contribution < -0.4 is 0 Å². The lowest BCUT2D eigenvalue weighted by atomic mass is 9.99. The molecule has 0 spiro atoms. The third-order valence-electron chi connectivity index (χ3n) is 3.21. The Labute approximate surface area is 131 Å². The molecule has 0 aliphatic carbocycles. The Hall–Kier alpha value is -2.60. The maximum atomic E-state index is 12.0. The number of nitriles is 1. The zero-order valence-corrected chi connectivity index (χ0v) is 13.3. The van der Waals surface area contributed by atoms with Crippen LogP contribution in [0.1, 0.15) is 42.3 Å². The fourth-order valence-corrected chi connectivity index (χ4v) is 2.06. The lowest BCUT2D eigenvalue weighted by Crippen LogP contribution is -2.23. The van der Waals surface area contributed by atoms with Crippen LogP contribution in [0, 0.1) is 18.3 Å². The second kappa shape index (κ2) is 6.03. The Morgan fingerprint density at radius 3 is 2.18 bits per heavy atom. The molecule has 2 rings (SSSR count). The zero-order valence-electron chi connectivity index (χ0n) is 13.3. The number of esters is 1. The smallest absolute Gasteiger partial charge is 0.338 e. The SMILES string of the molecule is Cc1ccc(-c2ccc(C(=O)OC(C)(C)C)cc2)cc1C#N. The Bertz CT molecular complexity index is 732. The topological polar surface area (TPSA) is 50.1 Å². The van der Waals surface area contributed by atoms with Gasteiger partial charge in [-0.2, -0.15) is 5.26 Å². The summed E-state index contributed by atoms with van der Waals surface area (Å²) in [6.45, 7) is 7.44. The highest BCUT2D eigenvalue weighted by atomic mass is 16.6. The van der Waals surface area contributed by atoms with Gasteiger partial charge in [0, 0.05) is 0 Å². The summed E-state index contributed by atoms with van der Waals surface area (Å²) in [7, 11) is 0. The van der Waals surface area contributed by atoms with E-state index < -0.39 is 5.60 Å². The highest BCUT2D eigenvalue weighted by Gasteiger charge is 2.17. The second-order valence-electron chi connectivity index (χ2n) is 6.22. The van der Waals surface area contributed by atoms with Crippen molar-refractivity contribution in [2.24, 2.45) is 0 Å². The van der Waals surface area contributed by atoms with E-state index in [1.165, 1.54) is 0 Å².